The molecule has 1 aliphatic carbocycles. The maximum atomic E-state index is 11.5. The Bertz CT molecular complexity index is 459. The molecular weight excluding hydrogens is 216 g/mol. The first kappa shape index (κ1) is 12.0. The van der Waals surface area contributed by atoms with Gasteiger partial charge in [0.1, 0.15) is 5.75 Å². The highest BCUT2D eigenvalue weighted by atomic mass is 16.5. The minimum Gasteiger partial charge on any atom is -0.496 e. The fraction of sp³-hybridized carbons (Fsp3) is 0.500. The summed E-state index contributed by atoms with van der Waals surface area (Å²) in [6.45, 7) is 3.92. The van der Waals surface area contributed by atoms with Gasteiger partial charge in [-0.05, 0) is 43.4 Å². The van der Waals surface area contributed by atoms with Crippen LogP contribution in [0, 0.1) is 13.8 Å². The van der Waals surface area contributed by atoms with E-state index in [1.54, 1.807) is 7.11 Å². The van der Waals surface area contributed by atoms with E-state index in [2.05, 4.69) is 0 Å². The number of methoxy groups -OCH3 is 1. The molecule has 1 saturated carbocycles. The predicted octanol–water partition coefficient (Wildman–Crippen LogP) is 2.82. The van der Waals surface area contributed by atoms with Gasteiger partial charge in [-0.1, -0.05) is 18.6 Å². The Morgan fingerprint density at radius 2 is 2.00 bits per heavy atom. The molecule has 0 aliphatic heterocycles. The van der Waals surface area contributed by atoms with Crippen LogP contribution in [-0.4, -0.2) is 18.2 Å². The van der Waals surface area contributed by atoms with Crippen molar-refractivity contribution in [1.29, 1.82) is 0 Å². The lowest BCUT2D eigenvalue weighted by molar-refractivity contribution is -0.147. The quantitative estimate of drug-likeness (QED) is 0.874. The number of aliphatic carboxylic acids is 1. The van der Waals surface area contributed by atoms with Crippen LogP contribution in [0.1, 0.15) is 36.0 Å². The minimum absolute atomic E-state index is 0.676. The molecule has 1 aliphatic rings. The van der Waals surface area contributed by atoms with Gasteiger partial charge >= 0.3 is 5.97 Å². The molecule has 2 rings (SSSR count). The SMILES string of the molecule is COc1c(C)ccc(C2(C(=O)O)CCC2)c1C. The summed E-state index contributed by atoms with van der Waals surface area (Å²) in [6, 6.07) is 3.89. The molecule has 0 bridgehead atoms. The molecule has 0 unspecified atom stereocenters. The van der Waals surface area contributed by atoms with Crippen molar-refractivity contribution < 1.29 is 14.6 Å². The van der Waals surface area contributed by atoms with Gasteiger partial charge in [0, 0.05) is 0 Å². The number of rotatable bonds is 3. The van der Waals surface area contributed by atoms with Crippen LogP contribution in [0.4, 0.5) is 0 Å². The summed E-state index contributed by atoms with van der Waals surface area (Å²) in [5, 5.41) is 9.45. The van der Waals surface area contributed by atoms with Crippen LogP contribution in [-0.2, 0) is 10.2 Å². The molecule has 1 fully saturated rings. The van der Waals surface area contributed by atoms with Crippen LogP contribution in [0.25, 0.3) is 0 Å². The second-order valence-electron chi connectivity index (χ2n) is 4.83. The molecule has 0 atom stereocenters. The molecule has 0 saturated heterocycles. The Morgan fingerprint density at radius 3 is 2.41 bits per heavy atom. The van der Waals surface area contributed by atoms with Gasteiger partial charge in [0.15, 0.2) is 0 Å². The largest absolute Gasteiger partial charge is 0.496 e. The maximum Gasteiger partial charge on any atom is 0.314 e. The van der Waals surface area contributed by atoms with E-state index in [0.29, 0.717) is 0 Å². The van der Waals surface area contributed by atoms with Crippen molar-refractivity contribution in [3.63, 3.8) is 0 Å². The van der Waals surface area contributed by atoms with E-state index < -0.39 is 11.4 Å². The van der Waals surface area contributed by atoms with Crippen LogP contribution in [0.3, 0.4) is 0 Å². The monoisotopic (exact) mass is 234 g/mol. The third kappa shape index (κ3) is 1.61. The van der Waals surface area contributed by atoms with E-state index in [1.807, 2.05) is 26.0 Å². The number of carboxylic acid groups (broad SMARTS) is 1. The zero-order chi connectivity index (χ0) is 12.6. The number of hydrogen-bond acceptors (Lipinski definition) is 2. The summed E-state index contributed by atoms with van der Waals surface area (Å²) in [7, 11) is 1.63. The molecule has 0 radical (unpaired) electrons. The molecule has 0 amide bonds. The van der Waals surface area contributed by atoms with Crippen molar-refractivity contribution in [3.05, 3.63) is 28.8 Å². The molecule has 1 aromatic rings. The van der Waals surface area contributed by atoms with Crippen LogP contribution >= 0.6 is 0 Å². The van der Waals surface area contributed by atoms with E-state index in [4.69, 9.17) is 4.74 Å². The van der Waals surface area contributed by atoms with Crippen LogP contribution < -0.4 is 4.74 Å². The highest BCUT2D eigenvalue weighted by Crippen LogP contribution is 2.47. The third-order valence-corrected chi connectivity index (χ3v) is 3.94. The van der Waals surface area contributed by atoms with Gasteiger partial charge in [-0.15, -0.1) is 0 Å². The normalized spacial score (nSPS) is 17.4. The van der Waals surface area contributed by atoms with Crippen molar-refractivity contribution in [1.82, 2.24) is 0 Å². The topological polar surface area (TPSA) is 46.5 Å². The molecule has 3 heteroatoms. The van der Waals surface area contributed by atoms with Crippen molar-refractivity contribution in [2.24, 2.45) is 0 Å². The first-order valence-corrected chi connectivity index (χ1v) is 5.91. The first-order chi connectivity index (χ1) is 8.03. The van der Waals surface area contributed by atoms with Gasteiger partial charge in [0.25, 0.3) is 0 Å². The summed E-state index contributed by atoms with van der Waals surface area (Å²) < 4.78 is 5.37. The summed E-state index contributed by atoms with van der Waals surface area (Å²) in [5.74, 6) is 0.104. The first-order valence-electron chi connectivity index (χ1n) is 5.91. The number of benzene rings is 1. The van der Waals surface area contributed by atoms with Crippen LogP contribution in [0.2, 0.25) is 0 Å². The van der Waals surface area contributed by atoms with E-state index in [9.17, 15) is 9.90 Å². The highest BCUT2D eigenvalue weighted by molar-refractivity contribution is 5.83. The molecule has 1 N–H and O–H groups in total. The maximum absolute atomic E-state index is 11.5. The van der Waals surface area contributed by atoms with Gasteiger partial charge in [0.2, 0.25) is 0 Å². The average molecular weight is 234 g/mol. The van der Waals surface area contributed by atoms with Gasteiger partial charge < -0.3 is 9.84 Å². The summed E-state index contributed by atoms with van der Waals surface area (Å²) in [4.78, 5) is 11.5. The van der Waals surface area contributed by atoms with Gasteiger partial charge in [-0.2, -0.15) is 0 Å². The van der Waals surface area contributed by atoms with E-state index >= 15 is 0 Å². The lowest BCUT2D eigenvalue weighted by Gasteiger charge is -2.39. The van der Waals surface area contributed by atoms with Crippen molar-refractivity contribution in [2.45, 2.75) is 38.5 Å². The Hall–Kier alpha value is -1.51. The number of carboxylic acids is 1. The Labute approximate surface area is 101 Å². The lowest BCUT2D eigenvalue weighted by Crippen LogP contribution is -2.42. The van der Waals surface area contributed by atoms with Crippen LogP contribution in [0.5, 0.6) is 5.75 Å². The van der Waals surface area contributed by atoms with Gasteiger partial charge in [-0.3, -0.25) is 4.79 Å². The zero-order valence-corrected chi connectivity index (χ0v) is 10.5. The van der Waals surface area contributed by atoms with Gasteiger partial charge in [-0.25, -0.2) is 0 Å². The number of ether oxygens (including phenoxy) is 1. The molecule has 92 valence electrons. The second-order valence-corrected chi connectivity index (χ2v) is 4.83. The summed E-state index contributed by atoms with van der Waals surface area (Å²) in [6.07, 6.45) is 2.45. The smallest absolute Gasteiger partial charge is 0.314 e. The van der Waals surface area contributed by atoms with Gasteiger partial charge in [0.05, 0.1) is 12.5 Å². The molecule has 0 aromatic heterocycles. The summed E-state index contributed by atoms with van der Waals surface area (Å²) in [5.41, 5.74) is 2.26. The van der Waals surface area contributed by atoms with E-state index in [0.717, 1.165) is 41.7 Å². The number of carbonyl (C=O) groups is 1. The molecule has 0 spiro atoms. The lowest BCUT2D eigenvalue weighted by atomic mass is 9.63. The molecule has 3 nitrogen and oxygen atoms in total. The second kappa shape index (κ2) is 4.06. The Balaban J connectivity index is 2.56. The number of hydrogen-bond donors (Lipinski definition) is 1. The van der Waals surface area contributed by atoms with E-state index in [1.165, 1.54) is 0 Å². The Morgan fingerprint density at radius 1 is 1.35 bits per heavy atom. The molecule has 0 heterocycles. The molecule has 17 heavy (non-hydrogen) atoms. The third-order valence-electron chi connectivity index (χ3n) is 3.94. The fourth-order valence-corrected chi connectivity index (χ4v) is 2.79. The highest BCUT2D eigenvalue weighted by Gasteiger charge is 2.47. The van der Waals surface area contributed by atoms with Crippen molar-refractivity contribution >= 4 is 5.97 Å². The standard InChI is InChI=1S/C14H18O3/c1-9-5-6-11(10(2)12(9)17-3)14(13(15)16)7-4-8-14/h5-6H,4,7-8H2,1-3H3,(H,15,16). The fourth-order valence-electron chi connectivity index (χ4n) is 2.79. The Kier molecular flexibility index (Phi) is 2.86. The van der Waals surface area contributed by atoms with Crippen molar-refractivity contribution in [2.75, 3.05) is 7.11 Å². The average Bonchev–Trinajstić information content (AvgIpc) is 2.20. The zero-order valence-electron chi connectivity index (χ0n) is 10.5. The van der Waals surface area contributed by atoms with Crippen LogP contribution in [0.15, 0.2) is 12.1 Å². The molecule has 1 aromatic carbocycles. The molecular formula is C14H18O3. The van der Waals surface area contributed by atoms with E-state index in [-0.39, 0.29) is 0 Å². The minimum atomic E-state index is -0.710. The van der Waals surface area contributed by atoms with Crippen molar-refractivity contribution in [3.8, 4) is 5.75 Å². The summed E-state index contributed by atoms with van der Waals surface area (Å²) >= 11 is 0. The number of aryl methyl sites for hydroxylation is 1. The predicted molar refractivity (Wildman–Crippen MR) is 65.6 cm³/mol.